The van der Waals surface area contributed by atoms with Gasteiger partial charge in [-0.15, -0.1) is 24.0 Å². The number of allylic oxidation sites excluding steroid dienone is 4. The third-order valence-corrected chi connectivity index (χ3v) is 4.03. The minimum Gasteiger partial charge on any atom is -0.107 e. The molecule has 0 nitrogen and oxygen atoms in total. The predicted molar refractivity (Wildman–Crippen MR) is 111 cm³/mol. The van der Waals surface area contributed by atoms with Gasteiger partial charge in [0.2, 0.25) is 0 Å². The monoisotopic (exact) mass is 412 g/mol. The number of aryl methyl sites for hydroxylation is 1. The molecule has 3 rings (SSSR count). The summed E-state index contributed by atoms with van der Waals surface area (Å²) < 4.78 is 0. The van der Waals surface area contributed by atoms with Gasteiger partial charge in [-0.25, -0.2) is 0 Å². The highest BCUT2D eigenvalue weighted by molar-refractivity contribution is 14.0. The molecule has 0 aliphatic heterocycles. The van der Waals surface area contributed by atoms with Crippen LogP contribution in [-0.2, 0) is 0 Å². The van der Waals surface area contributed by atoms with E-state index >= 15 is 0 Å². The SMILES string of the molecule is CC1C=CC=CC1.CC1CCCCC1.Cc1ccccc1.I. The molecule has 1 saturated carbocycles. The lowest BCUT2D eigenvalue weighted by atomic mass is 9.91. The zero-order valence-corrected chi connectivity index (χ0v) is 16.8. The van der Waals surface area contributed by atoms with Crippen LogP contribution in [0.15, 0.2) is 54.6 Å². The molecule has 1 atom stereocenters. The van der Waals surface area contributed by atoms with Gasteiger partial charge in [-0.3, -0.25) is 0 Å². The Hall–Kier alpha value is -0.570. The Balaban J connectivity index is 0.000000294. The van der Waals surface area contributed by atoms with E-state index < -0.39 is 0 Å². The average molecular weight is 412 g/mol. The van der Waals surface area contributed by atoms with E-state index in [0.717, 1.165) is 11.8 Å². The topological polar surface area (TPSA) is 0 Å². The molecule has 0 N–H and O–H groups in total. The summed E-state index contributed by atoms with van der Waals surface area (Å²) in [6.07, 6.45) is 17.3. The molecule has 2 aliphatic carbocycles. The molecule has 0 heterocycles. The molecule has 0 radical (unpaired) electrons. The van der Waals surface area contributed by atoms with Gasteiger partial charge in [0.25, 0.3) is 0 Å². The normalized spacial score (nSPS) is 19.9. The van der Waals surface area contributed by atoms with Crippen molar-refractivity contribution in [3.05, 3.63) is 60.2 Å². The smallest absolute Gasteiger partial charge is 0.0224 e. The Labute approximate surface area is 155 Å². The maximum atomic E-state index is 2.36. The second-order valence-electron chi connectivity index (χ2n) is 6.42. The minimum absolute atomic E-state index is 0. The van der Waals surface area contributed by atoms with Gasteiger partial charge in [0.15, 0.2) is 0 Å². The molecule has 1 aromatic carbocycles. The number of halogens is 1. The summed E-state index contributed by atoms with van der Waals surface area (Å²) in [5.41, 5.74) is 1.32. The number of hydrogen-bond donors (Lipinski definition) is 0. The summed E-state index contributed by atoms with van der Waals surface area (Å²) in [5, 5.41) is 0. The van der Waals surface area contributed by atoms with Gasteiger partial charge in [-0.1, -0.05) is 106 Å². The van der Waals surface area contributed by atoms with Crippen molar-refractivity contribution in [3.63, 3.8) is 0 Å². The fourth-order valence-corrected chi connectivity index (χ4v) is 2.55. The Morgan fingerprint density at radius 2 is 1.50 bits per heavy atom. The minimum atomic E-state index is 0. The van der Waals surface area contributed by atoms with E-state index in [9.17, 15) is 0 Å². The summed E-state index contributed by atoms with van der Waals surface area (Å²) in [7, 11) is 0. The van der Waals surface area contributed by atoms with Crippen LogP contribution in [0.4, 0.5) is 0 Å². The summed E-state index contributed by atoms with van der Waals surface area (Å²) >= 11 is 0. The zero-order valence-electron chi connectivity index (χ0n) is 14.5. The summed E-state index contributed by atoms with van der Waals surface area (Å²) in [6, 6.07) is 10.3. The molecule has 1 heteroatoms. The first-order valence-electron chi connectivity index (χ1n) is 8.53. The highest BCUT2D eigenvalue weighted by atomic mass is 127. The van der Waals surface area contributed by atoms with Crippen LogP contribution in [0.3, 0.4) is 0 Å². The van der Waals surface area contributed by atoms with E-state index in [2.05, 4.69) is 57.2 Å². The molecule has 0 aromatic heterocycles. The molecule has 0 spiro atoms. The predicted octanol–water partition coefficient (Wildman–Crippen LogP) is 7.34. The quantitative estimate of drug-likeness (QED) is 0.391. The van der Waals surface area contributed by atoms with Gasteiger partial charge in [-0.2, -0.15) is 0 Å². The van der Waals surface area contributed by atoms with Gasteiger partial charge >= 0.3 is 0 Å². The number of hydrogen-bond acceptors (Lipinski definition) is 0. The van der Waals surface area contributed by atoms with Gasteiger partial charge in [-0.05, 0) is 25.2 Å². The van der Waals surface area contributed by atoms with E-state index in [1.54, 1.807) is 0 Å². The summed E-state index contributed by atoms with van der Waals surface area (Å²) in [6.45, 7) is 6.67. The second kappa shape index (κ2) is 14.0. The van der Waals surface area contributed by atoms with Crippen molar-refractivity contribution in [2.75, 3.05) is 0 Å². The molecule has 124 valence electrons. The fourth-order valence-electron chi connectivity index (χ4n) is 2.55. The summed E-state index contributed by atoms with van der Waals surface area (Å²) in [4.78, 5) is 0. The molecular formula is C21H33I. The van der Waals surface area contributed by atoms with Gasteiger partial charge in [0, 0.05) is 0 Å². The Kier molecular flexibility index (Phi) is 13.7. The van der Waals surface area contributed by atoms with Crippen molar-refractivity contribution in [3.8, 4) is 0 Å². The number of rotatable bonds is 0. The lowest BCUT2D eigenvalue weighted by molar-refractivity contribution is 0.385. The van der Waals surface area contributed by atoms with Crippen LogP contribution in [0.2, 0.25) is 0 Å². The zero-order chi connectivity index (χ0) is 15.3. The van der Waals surface area contributed by atoms with Crippen LogP contribution in [0.25, 0.3) is 0 Å². The molecule has 0 saturated heterocycles. The maximum Gasteiger partial charge on any atom is -0.0224 e. The second-order valence-corrected chi connectivity index (χ2v) is 6.42. The van der Waals surface area contributed by atoms with E-state index in [4.69, 9.17) is 0 Å². The maximum absolute atomic E-state index is 2.36. The highest BCUT2D eigenvalue weighted by Gasteiger charge is 2.05. The van der Waals surface area contributed by atoms with Crippen LogP contribution >= 0.6 is 24.0 Å². The van der Waals surface area contributed by atoms with Crippen LogP contribution in [0.5, 0.6) is 0 Å². The molecule has 1 aromatic rings. The van der Waals surface area contributed by atoms with Crippen molar-refractivity contribution in [2.45, 2.75) is 59.3 Å². The van der Waals surface area contributed by atoms with Crippen LogP contribution in [0, 0.1) is 18.8 Å². The first-order chi connectivity index (χ1) is 10.2. The van der Waals surface area contributed by atoms with E-state index in [1.807, 2.05) is 18.2 Å². The van der Waals surface area contributed by atoms with Crippen molar-refractivity contribution in [2.24, 2.45) is 11.8 Å². The van der Waals surface area contributed by atoms with Crippen molar-refractivity contribution in [1.29, 1.82) is 0 Å². The van der Waals surface area contributed by atoms with Crippen LogP contribution in [0.1, 0.15) is 57.9 Å². The fraction of sp³-hybridized carbons (Fsp3) is 0.524. The molecule has 0 bridgehead atoms. The van der Waals surface area contributed by atoms with Crippen molar-refractivity contribution < 1.29 is 0 Å². The largest absolute Gasteiger partial charge is 0.107 e. The Morgan fingerprint density at radius 3 is 1.77 bits per heavy atom. The lowest BCUT2D eigenvalue weighted by Gasteiger charge is -2.15. The highest BCUT2D eigenvalue weighted by Crippen LogP contribution is 2.22. The van der Waals surface area contributed by atoms with Gasteiger partial charge in [0.05, 0.1) is 0 Å². The molecular weight excluding hydrogens is 379 g/mol. The first-order valence-corrected chi connectivity index (χ1v) is 8.53. The van der Waals surface area contributed by atoms with E-state index in [0.29, 0.717) is 0 Å². The molecule has 0 amide bonds. The third-order valence-electron chi connectivity index (χ3n) is 4.03. The summed E-state index contributed by atoms with van der Waals surface area (Å²) in [5.74, 6) is 1.80. The molecule has 1 unspecified atom stereocenters. The third kappa shape index (κ3) is 12.0. The van der Waals surface area contributed by atoms with Crippen LogP contribution in [-0.4, -0.2) is 0 Å². The number of benzene rings is 1. The standard InChI is InChI=1S/C7H14.C7H10.C7H8.HI/c3*1-7-5-3-2-4-6-7;/h7H,2-6H2,1H3;2-5,7H,6H2,1H3;2-6H,1H3;1H. The molecule has 2 aliphatic rings. The van der Waals surface area contributed by atoms with E-state index in [-0.39, 0.29) is 24.0 Å². The Morgan fingerprint density at radius 1 is 0.864 bits per heavy atom. The van der Waals surface area contributed by atoms with Crippen molar-refractivity contribution in [1.82, 2.24) is 0 Å². The molecule has 22 heavy (non-hydrogen) atoms. The van der Waals surface area contributed by atoms with E-state index in [1.165, 1.54) is 44.1 Å². The van der Waals surface area contributed by atoms with Gasteiger partial charge < -0.3 is 0 Å². The Bertz CT molecular complexity index is 399. The lowest BCUT2D eigenvalue weighted by Crippen LogP contribution is -1.99. The van der Waals surface area contributed by atoms with Crippen LogP contribution < -0.4 is 0 Å². The average Bonchev–Trinajstić information content (AvgIpc) is 2.51. The molecule has 1 fully saturated rings. The van der Waals surface area contributed by atoms with Gasteiger partial charge in [0.1, 0.15) is 0 Å². The van der Waals surface area contributed by atoms with Crippen molar-refractivity contribution >= 4 is 24.0 Å². The first kappa shape index (κ1) is 21.4.